The molecule has 6 nitrogen and oxygen atoms in total. The molecule has 0 aromatic heterocycles. The second-order valence-electron chi connectivity index (χ2n) is 4.83. The molecule has 0 saturated carbocycles. The third-order valence-electron chi connectivity index (χ3n) is 3.36. The molecule has 1 fully saturated rings. The maximum Gasteiger partial charge on any atom is 0.412 e. The number of ether oxygens (including phenoxy) is 2. The number of carbonyl (C=O) groups is 1. The van der Waals surface area contributed by atoms with Crippen LogP contribution < -0.4 is 21.1 Å². The summed E-state index contributed by atoms with van der Waals surface area (Å²) in [6.07, 6.45) is 1.64. The van der Waals surface area contributed by atoms with Gasteiger partial charge in [0.2, 0.25) is 0 Å². The number of nitrogens with two attached hydrogens (primary N) is 1. The van der Waals surface area contributed by atoms with Gasteiger partial charge in [0.15, 0.2) is 0 Å². The Morgan fingerprint density at radius 2 is 2.20 bits per heavy atom. The third-order valence-corrected chi connectivity index (χ3v) is 3.36. The van der Waals surface area contributed by atoms with Crippen LogP contribution in [0.15, 0.2) is 18.2 Å². The van der Waals surface area contributed by atoms with Crippen molar-refractivity contribution in [2.75, 3.05) is 37.9 Å². The Labute approximate surface area is 118 Å². The summed E-state index contributed by atoms with van der Waals surface area (Å²) in [5, 5.41) is 5.73. The Kier molecular flexibility index (Phi) is 5.06. The molecule has 1 saturated heterocycles. The molecule has 0 aliphatic carbocycles. The van der Waals surface area contributed by atoms with Crippen LogP contribution in [0.5, 0.6) is 5.75 Å². The molecule has 2 rings (SSSR count). The number of amides is 1. The lowest BCUT2D eigenvalue weighted by Crippen LogP contribution is -2.23. The molecule has 0 spiro atoms. The first-order valence-electron chi connectivity index (χ1n) is 6.79. The van der Waals surface area contributed by atoms with Gasteiger partial charge in [0, 0.05) is 32.9 Å². The minimum Gasteiger partial charge on any atom is -0.410 e. The minimum atomic E-state index is -0.507. The van der Waals surface area contributed by atoms with E-state index in [1.807, 2.05) is 6.07 Å². The van der Waals surface area contributed by atoms with E-state index in [4.69, 9.17) is 15.2 Å². The number of carbonyl (C=O) groups excluding carboxylic acids is 1. The Morgan fingerprint density at radius 3 is 2.85 bits per heavy atom. The van der Waals surface area contributed by atoms with Crippen molar-refractivity contribution >= 4 is 17.5 Å². The lowest BCUT2D eigenvalue weighted by Gasteiger charge is -2.23. The standard InChI is InChI=1S/C14H21N3O3/c1-16-14(18)20-11-2-3-13(12(15)8-11)17-9-10-4-6-19-7-5-10/h2-3,8,10,17H,4-7,9,15H2,1H3,(H,16,18). The normalized spacial score (nSPS) is 15.7. The van der Waals surface area contributed by atoms with Crippen molar-refractivity contribution in [2.45, 2.75) is 12.8 Å². The predicted molar refractivity (Wildman–Crippen MR) is 78.0 cm³/mol. The van der Waals surface area contributed by atoms with Crippen molar-refractivity contribution < 1.29 is 14.3 Å². The van der Waals surface area contributed by atoms with E-state index in [0.717, 1.165) is 38.3 Å². The van der Waals surface area contributed by atoms with Gasteiger partial charge in [-0.1, -0.05) is 0 Å². The van der Waals surface area contributed by atoms with E-state index >= 15 is 0 Å². The summed E-state index contributed by atoms with van der Waals surface area (Å²) in [5.74, 6) is 1.04. The second-order valence-corrected chi connectivity index (χ2v) is 4.83. The zero-order valence-corrected chi connectivity index (χ0v) is 11.6. The highest BCUT2D eigenvalue weighted by Crippen LogP contribution is 2.25. The summed E-state index contributed by atoms with van der Waals surface area (Å²) in [6.45, 7) is 2.55. The van der Waals surface area contributed by atoms with E-state index in [1.165, 1.54) is 7.05 Å². The van der Waals surface area contributed by atoms with Gasteiger partial charge in [0.1, 0.15) is 5.75 Å². The molecular weight excluding hydrogens is 258 g/mol. The van der Waals surface area contributed by atoms with Crippen molar-refractivity contribution in [3.63, 3.8) is 0 Å². The summed E-state index contributed by atoms with van der Waals surface area (Å²) in [6, 6.07) is 5.19. The fourth-order valence-corrected chi connectivity index (χ4v) is 2.13. The zero-order valence-electron chi connectivity index (χ0n) is 11.6. The van der Waals surface area contributed by atoms with Gasteiger partial charge in [-0.25, -0.2) is 4.79 Å². The van der Waals surface area contributed by atoms with Crippen LogP contribution in [0, 0.1) is 5.92 Å². The highest BCUT2D eigenvalue weighted by molar-refractivity contribution is 5.73. The van der Waals surface area contributed by atoms with Gasteiger partial charge in [-0.3, -0.25) is 0 Å². The molecule has 1 aliphatic heterocycles. The Bertz CT molecular complexity index is 459. The van der Waals surface area contributed by atoms with Crippen LogP contribution in [0.2, 0.25) is 0 Å². The summed E-state index contributed by atoms with van der Waals surface area (Å²) in [5.41, 5.74) is 7.39. The molecule has 0 unspecified atom stereocenters. The fraction of sp³-hybridized carbons (Fsp3) is 0.500. The highest BCUT2D eigenvalue weighted by atomic mass is 16.5. The lowest BCUT2D eigenvalue weighted by atomic mass is 10.0. The van der Waals surface area contributed by atoms with Crippen molar-refractivity contribution in [3.05, 3.63) is 18.2 Å². The number of rotatable bonds is 4. The molecule has 1 heterocycles. The Balaban J connectivity index is 1.90. The van der Waals surface area contributed by atoms with Crippen molar-refractivity contribution in [3.8, 4) is 5.75 Å². The smallest absolute Gasteiger partial charge is 0.410 e. The van der Waals surface area contributed by atoms with Crippen LogP contribution in [-0.4, -0.2) is 32.9 Å². The molecule has 6 heteroatoms. The van der Waals surface area contributed by atoms with Gasteiger partial charge >= 0.3 is 6.09 Å². The van der Waals surface area contributed by atoms with Crippen LogP contribution in [0.3, 0.4) is 0 Å². The van der Waals surface area contributed by atoms with Crippen molar-refractivity contribution in [2.24, 2.45) is 5.92 Å². The van der Waals surface area contributed by atoms with Crippen LogP contribution in [0.4, 0.5) is 16.2 Å². The molecule has 20 heavy (non-hydrogen) atoms. The average Bonchev–Trinajstić information content (AvgIpc) is 2.47. The number of hydrogen-bond acceptors (Lipinski definition) is 5. The molecule has 0 radical (unpaired) electrons. The molecule has 4 N–H and O–H groups in total. The maximum atomic E-state index is 11.1. The van der Waals surface area contributed by atoms with E-state index in [0.29, 0.717) is 17.4 Å². The van der Waals surface area contributed by atoms with Crippen LogP contribution in [0.25, 0.3) is 0 Å². The number of nitrogen functional groups attached to an aromatic ring is 1. The molecule has 1 aliphatic rings. The summed E-state index contributed by atoms with van der Waals surface area (Å²) >= 11 is 0. The molecule has 1 amide bonds. The zero-order chi connectivity index (χ0) is 14.4. The molecule has 0 atom stereocenters. The highest BCUT2D eigenvalue weighted by Gasteiger charge is 2.14. The topological polar surface area (TPSA) is 85.6 Å². The average molecular weight is 279 g/mol. The first kappa shape index (κ1) is 14.5. The van der Waals surface area contributed by atoms with Gasteiger partial charge in [-0.2, -0.15) is 0 Å². The Morgan fingerprint density at radius 1 is 1.45 bits per heavy atom. The quantitative estimate of drug-likeness (QED) is 0.732. The summed E-state index contributed by atoms with van der Waals surface area (Å²) < 4.78 is 10.4. The van der Waals surface area contributed by atoms with Crippen molar-refractivity contribution in [1.82, 2.24) is 5.32 Å². The van der Waals surface area contributed by atoms with Crippen molar-refractivity contribution in [1.29, 1.82) is 0 Å². The van der Waals surface area contributed by atoms with Gasteiger partial charge < -0.3 is 25.8 Å². The largest absolute Gasteiger partial charge is 0.412 e. The number of anilines is 2. The van der Waals surface area contributed by atoms with Gasteiger partial charge in [-0.05, 0) is 30.9 Å². The molecule has 1 aromatic rings. The minimum absolute atomic E-state index is 0.429. The monoisotopic (exact) mass is 279 g/mol. The van der Waals surface area contributed by atoms with Gasteiger partial charge in [0.25, 0.3) is 0 Å². The van der Waals surface area contributed by atoms with E-state index in [2.05, 4.69) is 10.6 Å². The third kappa shape index (κ3) is 4.03. The Hall–Kier alpha value is -1.95. The van der Waals surface area contributed by atoms with E-state index in [-0.39, 0.29) is 0 Å². The first-order valence-corrected chi connectivity index (χ1v) is 6.79. The van der Waals surface area contributed by atoms with E-state index in [1.54, 1.807) is 12.1 Å². The van der Waals surface area contributed by atoms with Gasteiger partial charge in [-0.15, -0.1) is 0 Å². The first-order chi connectivity index (χ1) is 9.69. The van der Waals surface area contributed by atoms with Gasteiger partial charge in [0.05, 0.1) is 11.4 Å². The van der Waals surface area contributed by atoms with E-state index < -0.39 is 6.09 Å². The summed E-state index contributed by atoms with van der Waals surface area (Å²) in [7, 11) is 1.51. The summed E-state index contributed by atoms with van der Waals surface area (Å²) in [4.78, 5) is 11.1. The fourth-order valence-electron chi connectivity index (χ4n) is 2.13. The van der Waals surface area contributed by atoms with Crippen LogP contribution in [0.1, 0.15) is 12.8 Å². The van der Waals surface area contributed by atoms with E-state index in [9.17, 15) is 4.79 Å². The SMILES string of the molecule is CNC(=O)Oc1ccc(NCC2CCOCC2)c(N)c1. The second kappa shape index (κ2) is 7.00. The number of nitrogens with one attached hydrogen (secondary N) is 2. The molecular formula is C14H21N3O3. The lowest BCUT2D eigenvalue weighted by molar-refractivity contribution is 0.0699. The predicted octanol–water partition coefficient (Wildman–Crippen LogP) is 1.83. The van der Waals surface area contributed by atoms with Crippen LogP contribution in [-0.2, 0) is 4.74 Å². The number of benzene rings is 1. The molecule has 110 valence electrons. The molecule has 1 aromatic carbocycles. The number of hydrogen-bond donors (Lipinski definition) is 3. The molecule has 0 bridgehead atoms. The maximum absolute atomic E-state index is 11.1. The van der Waals surface area contributed by atoms with Crippen LogP contribution >= 0.6 is 0 Å².